The van der Waals surface area contributed by atoms with Crippen molar-refractivity contribution in [2.24, 2.45) is 21.7 Å². The van der Waals surface area contributed by atoms with E-state index >= 15 is 0 Å². The van der Waals surface area contributed by atoms with Gasteiger partial charge in [-0.25, -0.2) is 0 Å². The summed E-state index contributed by atoms with van der Waals surface area (Å²) in [6, 6.07) is 5.30. The Balaban J connectivity index is 2.73. The van der Waals surface area contributed by atoms with Gasteiger partial charge in [0.1, 0.15) is 0 Å². The molecule has 4 nitrogen and oxygen atoms in total. The van der Waals surface area contributed by atoms with Crippen LogP contribution >= 0.6 is 23.2 Å². The number of nitrogens with two attached hydrogens (primary N) is 2. The molecule has 80 valence electrons. The number of hydrogen-bond acceptors (Lipinski definition) is 2. The molecule has 0 saturated heterocycles. The number of rotatable bonds is 3. The van der Waals surface area contributed by atoms with Crippen molar-refractivity contribution in [3.05, 3.63) is 33.8 Å². The van der Waals surface area contributed by atoms with Crippen molar-refractivity contribution >= 4 is 35.4 Å². The molecule has 0 fully saturated rings. The highest BCUT2D eigenvalue weighted by atomic mass is 35.5. The monoisotopic (exact) mass is 244 g/mol. The average molecular weight is 245 g/mol. The lowest BCUT2D eigenvalue weighted by Gasteiger charge is -2.01. The smallest absolute Gasteiger partial charge is 0.211 e. The summed E-state index contributed by atoms with van der Waals surface area (Å²) >= 11 is 11.9. The minimum Gasteiger partial charge on any atom is -0.369 e. The Kier molecular flexibility index (Phi) is 4.39. The summed E-state index contributed by atoms with van der Waals surface area (Å²) in [7, 11) is 0. The van der Waals surface area contributed by atoms with Gasteiger partial charge in [0.25, 0.3) is 0 Å². The number of benzene rings is 1. The van der Waals surface area contributed by atoms with Crippen molar-refractivity contribution < 1.29 is 0 Å². The summed E-state index contributed by atoms with van der Waals surface area (Å²) in [5.41, 5.74) is 11.0. The van der Waals surface area contributed by atoms with Gasteiger partial charge in [-0.3, -0.25) is 0 Å². The molecule has 4 N–H and O–H groups in total. The molecule has 0 aliphatic heterocycles. The van der Waals surface area contributed by atoms with Gasteiger partial charge in [0.2, 0.25) is 5.96 Å². The van der Waals surface area contributed by atoms with Gasteiger partial charge in [-0.2, -0.15) is 5.10 Å². The second-order valence-electron chi connectivity index (χ2n) is 2.73. The third kappa shape index (κ3) is 3.77. The van der Waals surface area contributed by atoms with E-state index in [1.165, 1.54) is 6.21 Å². The summed E-state index contributed by atoms with van der Waals surface area (Å²) in [6.45, 7) is 0. The molecule has 0 radical (unpaired) electrons. The lowest BCUT2D eigenvalue weighted by atomic mass is 10.2. The van der Waals surface area contributed by atoms with E-state index in [-0.39, 0.29) is 5.96 Å². The van der Waals surface area contributed by atoms with Gasteiger partial charge < -0.3 is 11.5 Å². The minimum atomic E-state index is -0.0866. The molecule has 0 atom stereocenters. The van der Waals surface area contributed by atoms with E-state index in [4.69, 9.17) is 34.7 Å². The Hall–Kier alpha value is -1.26. The largest absolute Gasteiger partial charge is 0.369 e. The van der Waals surface area contributed by atoms with Gasteiger partial charge in [-0.05, 0) is 17.7 Å². The molecule has 0 amide bonds. The highest BCUT2D eigenvalue weighted by molar-refractivity contribution is 6.36. The summed E-state index contributed by atoms with van der Waals surface area (Å²) in [5, 5.41) is 8.29. The predicted octanol–water partition coefficient (Wildman–Crippen LogP) is 1.80. The van der Waals surface area contributed by atoms with Gasteiger partial charge >= 0.3 is 0 Å². The maximum atomic E-state index is 5.94. The van der Waals surface area contributed by atoms with E-state index in [2.05, 4.69) is 10.2 Å². The quantitative estimate of drug-likeness (QED) is 0.484. The topological polar surface area (TPSA) is 76.8 Å². The molecule has 0 saturated carbocycles. The molecule has 0 aliphatic carbocycles. The number of hydrogen-bond donors (Lipinski definition) is 2. The molecular weight excluding hydrogens is 235 g/mol. The van der Waals surface area contributed by atoms with Crippen LogP contribution in [0.4, 0.5) is 0 Å². The Morgan fingerprint density at radius 1 is 1.27 bits per heavy atom. The lowest BCUT2D eigenvalue weighted by molar-refractivity contribution is 1.19. The fraction of sp³-hybridized carbons (Fsp3) is 0.111. The zero-order chi connectivity index (χ0) is 11.3. The standard InChI is InChI=1S/C9H10Cl2N4/c10-7-2-1-3-8(11)6(7)4-5-14-15-9(12)13/h1-3,5H,4H2,(H4,12,13,15)/b14-5+. The predicted molar refractivity (Wildman–Crippen MR) is 64.5 cm³/mol. The lowest BCUT2D eigenvalue weighted by Crippen LogP contribution is -2.21. The Morgan fingerprint density at radius 2 is 1.87 bits per heavy atom. The molecule has 0 aliphatic rings. The molecule has 0 heterocycles. The molecular formula is C9H10Cl2N4. The summed E-state index contributed by atoms with van der Waals surface area (Å²) < 4.78 is 0. The molecule has 0 unspecified atom stereocenters. The summed E-state index contributed by atoms with van der Waals surface area (Å²) in [5.74, 6) is -0.0866. The highest BCUT2D eigenvalue weighted by Crippen LogP contribution is 2.23. The zero-order valence-corrected chi connectivity index (χ0v) is 9.33. The van der Waals surface area contributed by atoms with Crippen LogP contribution in [0.25, 0.3) is 0 Å². The molecule has 0 spiro atoms. The van der Waals surface area contributed by atoms with Crippen LogP contribution in [-0.4, -0.2) is 12.2 Å². The van der Waals surface area contributed by atoms with Crippen LogP contribution in [0.2, 0.25) is 10.0 Å². The van der Waals surface area contributed by atoms with E-state index in [1.807, 2.05) is 0 Å². The number of nitrogens with zero attached hydrogens (tertiary/aromatic N) is 2. The average Bonchev–Trinajstić information content (AvgIpc) is 2.15. The van der Waals surface area contributed by atoms with Crippen molar-refractivity contribution in [3.63, 3.8) is 0 Å². The van der Waals surface area contributed by atoms with Crippen molar-refractivity contribution in [2.75, 3.05) is 0 Å². The first kappa shape index (κ1) is 11.8. The first-order chi connectivity index (χ1) is 7.11. The van der Waals surface area contributed by atoms with Crippen LogP contribution in [-0.2, 0) is 6.42 Å². The Morgan fingerprint density at radius 3 is 2.40 bits per heavy atom. The fourth-order valence-corrected chi connectivity index (χ4v) is 1.52. The first-order valence-electron chi connectivity index (χ1n) is 4.14. The second kappa shape index (κ2) is 5.58. The first-order valence-corrected chi connectivity index (χ1v) is 4.90. The molecule has 6 heteroatoms. The van der Waals surface area contributed by atoms with Crippen molar-refractivity contribution in [1.29, 1.82) is 0 Å². The SMILES string of the molecule is NC(N)=N/N=C/Cc1c(Cl)cccc1Cl. The Bertz CT molecular complexity index is 377. The second-order valence-corrected chi connectivity index (χ2v) is 3.54. The molecule has 1 aromatic rings. The summed E-state index contributed by atoms with van der Waals surface area (Å²) in [6.07, 6.45) is 2.02. The molecule has 0 aromatic heterocycles. The summed E-state index contributed by atoms with van der Waals surface area (Å²) in [4.78, 5) is 0. The van der Waals surface area contributed by atoms with Gasteiger partial charge in [-0.15, -0.1) is 5.10 Å². The van der Waals surface area contributed by atoms with E-state index in [1.54, 1.807) is 18.2 Å². The maximum absolute atomic E-state index is 5.94. The third-order valence-corrected chi connectivity index (χ3v) is 2.32. The van der Waals surface area contributed by atoms with Crippen LogP contribution in [0.3, 0.4) is 0 Å². The van der Waals surface area contributed by atoms with Crippen LogP contribution in [0.5, 0.6) is 0 Å². The third-order valence-electron chi connectivity index (χ3n) is 1.61. The zero-order valence-electron chi connectivity index (χ0n) is 7.82. The van der Waals surface area contributed by atoms with Gasteiger partial charge in [0.05, 0.1) is 0 Å². The maximum Gasteiger partial charge on any atom is 0.211 e. The van der Waals surface area contributed by atoms with Crippen LogP contribution in [0.15, 0.2) is 28.4 Å². The van der Waals surface area contributed by atoms with Gasteiger partial charge in [-0.1, -0.05) is 29.3 Å². The van der Waals surface area contributed by atoms with Crippen LogP contribution < -0.4 is 11.5 Å². The van der Waals surface area contributed by atoms with Crippen molar-refractivity contribution in [2.45, 2.75) is 6.42 Å². The van der Waals surface area contributed by atoms with Gasteiger partial charge in [0.15, 0.2) is 0 Å². The normalized spacial score (nSPS) is 10.5. The highest BCUT2D eigenvalue weighted by Gasteiger charge is 2.02. The molecule has 15 heavy (non-hydrogen) atoms. The molecule has 1 aromatic carbocycles. The molecule has 1 rings (SSSR count). The van der Waals surface area contributed by atoms with Crippen molar-refractivity contribution in [1.82, 2.24) is 0 Å². The van der Waals surface area contributed by atoms with E-state index in [9.17, 15) is 0 Å². The van der Waals surface area contributed by atoms with Crippen LogP contribution in [0, 0.1) is 0 Å². The van der Waals surface area contributed by atoms with E-state index in [0.717, 1.165) is 5.56 Å². The van der Waals surface area contributed by atoms with E-state index in [0.29, 0.717) is 16.5 Å². The van der Waals surface area contributed by atoms with E-state index < -0.39 is 0 Å². The fourth-order valence-electron chi connectivity index (χ4n) is 0.967. The number of guanidine groups is 1. The molecule has 0 bridgehead atoms. The number of halogens is 2. The van der Waals surface area contributed by atoms with Crippen LogP contribution in [0.1, 0.15) is 5.56 Å². The van der Waals surface area contributed by atoms with Gasteiger partial charge in [0, 0.05) is 22.7 Å². The minimum absolute atomic E-state index is 0.0866. The van der Waals surface area contributed by atoms with Crippen molar-refractivity contribution in [3.8, 4) is 0 Å². The Labute approximate surface area is 97.6 Å².